The third kappa shape index (κ3) is 2.46. The molecule has 1 aromatic rings. The number of rotatable bonds is 4. The van der Waals surface area contributed by atoms with E-state index in [-0.39, 0.29) is 17.1 Å². The highest BCUT2D eigenvalue weighted by atomic mass is 19.1. The van der Waals surface area contributed by atoms with Crippen molar-refractivity contribution < 1.29 is 13.9 Å². The zero-order chi connectivity index (χ0) is 13.3. The van der Waals surface area contributed by atoms with Crippen LogP contribution in [0.4, 0.5) is 10.1 Å². The molecule has 1 amide bonds. The van der Waals surface area contributed by atoms with Crippen LogP contribution in [0.2, 0.25) is 0 Å². The fourth-order valence-electron chi connectivity index (χ4n) is 1.97. The minimum atomic E-state index is -0.498. The molecule has 1 aromatic carbocycles. The fourth-order valence-corrected chi connectivity index (χ4v) is 1.97. The van der Waals surface area contributed by atoms with Crippen LogP contribution in [0.3, 0.4) is 0 Å². The number of ether oxygens (including phenoxy) is 1. The lowest BCUT2D eigenvalue weighted by Gasteiger charge is -2.17. The predicted octanol–water partition coefficient (Wildman–Crippen LogP) is 1.63. The first-order valence-corrected chi connectivity index (χ1v) is 5.84. The molecule has 0 aliphatic heterocycles. The maximum Gasteiger partial charge on any atom is 0.252 e. The molecule has 0 saturated heterocycles. The summed E-state index contributed by atoms with van der Waals surface area (Å²) in [6.07, 6.45) is 1.81. The summed E-state index contributed by atoms with van der Waals surface area (Å²) in [5.74, 6) is -0.726. The first-order valence-electron chi connectivity index (χ1n) is 5.84. The van der Waals surface area contributed by atoms with Crippen LogP contribution >= 0.6 is 0 Å². The van der Waals surface area contributed by atoms with Crippen molar-refractivity contribution in [1.29, 1.82) is 0 Å². The third-order valence-corrected chi connectivity index (χ3v) is 3.24. The molecule has 5 heteroatoms. The number of aryl methyl sites for hydroxylation is 1. The van der Waals surface area contributed by atoms with Gasteiger partial charge in [-0.25, -0.2) is 4.39 Å². The maximum absolute atomic E-state index is 13.2. The average Bonchev–Trinajstić information content (AvgIpc) is 3.03. The van der Waals surface area contributed by atoms with Gasteiger partial charge >= 0.3 is 0 Å². The molecule has 0 spiro atoms. The smallest absolute Gasteiger partial charge is 0.252 e. The molecule has 0 unspecified atom stereocenters. The first-order chi connectivity index (χ1) is 8.47. The number of methoxy groups -OCH3 is 1. The Bertz CT molecular complexity index is 484. The number of nitrogens with two attached hydrogens (primary N) is 1. The first kappa shape index (κ1) is 12.8. The van der Waals surface area contributed by atoms with Crippen LogP contribution in [0.15, 0.2) is 12.1 Å². The molecule has 4 nitrogen and oxygen atoms in total. The molecule has 1 aliphatic carbocycles. The molecule has 0 bridgehead atoms. The average molecular weight is 252 g/mol. The largest absolute Gasteiger partial charge is 0.396 e. The van der Waals surface area contributed by atoms with Gasteiger partial charge in [0.1, 0.15) is 5.82 Å². The number of amides is 1. The Balaban J connectivity index is 2.17. The van der Waals surface area contributed by atoms with Gasteiger partial charge in [0, 0.05) is 12.7 Å². The lowest BCUT2D eigenvalue weighted by molar-refractivity contribution is 0.0881. The van der Waals surface area contributed by atoms with Crippen LogP contribution in [-0.4, -0.2) is 25.2 Å². The predicted molar refractivity (Wildman–Crippen MR) is 66.9 cm³/mol. The summed E-state index contributed by atoms with van der Waals surface area (Å²) in [7, 11) is 1.60. The Morgan fingerprint density at radius 2 is 2.22 bits per heavy atom. The Morgan fingerprint density at radius 3 is 2.78 bits per heavy atom. The van der Waals surface area contributed by atoms with Gasteiger partial charge in [-0.15, -0.1) is 0 Å². The van der Waals surface area contributed by atoms with E-state index in [1.54, 1.807) is 14.0 Å². The third-order valence-electron chi connectivity index (χ3n) is 3.24. The molecule has 0 heterocycles. The number of hydrogen-bond acceptors (Lipinski definition) is 3. The van der Waals surface area contributed by atoms with Crippen molar-refractivity contribution in [2.75, 3.05) is 19.5 Å². The van der Waals surface area contributed by atoms with Crippen LogP contribution in [0.25, 0.3) is 0 Å². The van der Waals surface area contributed by atoms with E-state index in [0.717, 1.165) is 12.8 Å². The molecule has 18 heavy (non-hydrogen) atoms. The number of benzene rings is 1. The second-order valence-electron chi connectivity index (χ2n) is 4.86. The highest BCUT2D eigenvalue weighted by Gasteiger charge is 2.44. The van der Waals surface area contributed by atoms with Gasteiger partial charge in [0.15, 0.2) is 0 Å². The van der Waals surface area contributed by atoms with Crippen molar-refractivity contribution in [2.45, 2.75) is 25.3 Å². The summed E-state index contributed by atoms with van der Waals surface area (Å²) < 4.78 is 18.3. The number of carbonyl (C=O) groups is 1. The normalized spacial score (nSPS) is 16.4. The standard InChI is InChI=1S/C13H17FN2O2/c1-8-5-10(14)11(15)6-9(8)12(17)16-13(3-4-13)7-18-2/h5-6H,3-4,7,15H2,1-2H3,(H,16,17). The maximum atomic E-state index is 13.2. The highest BCUT2D eigenvalue weighted by Crippen LogP contribution is 2.36. The van der Waals surface area contributed by atoms with Crippen LogP contribution in [0.5, 0.6) is 0 Å². The SMILES string of the molecule is COCC1(NC(=O)c2cc(N)c(F)cc2C)CC1. The van der Waals surface area contributed by atoms with Crippen molar-refractivity contribution in [1.82, 2.24) is 5.32 Å². The zero-order valence-corrected chi connectivity index (χ0v) is 10.5. The molecule has 2 rings (SSSR count). The number of hydrogen-bond donors (Lipinski definition) is 2. The van der Waals surface area contributed by atoms with Gasteiger partial charge in [-0.1, -0.05) is 0 Å². The molecular formula is C13H17FN2O2. The number of anilines is 1. The summed E-state index contributed by atoms with van der Waals surface area (Å²) >= 11 is 0. The van der Waals surface area contributed by atoms with E-state index < -0.39 is 5.82 Å². The second-order valence-corrected chi connectivity index (χ2v) is 4.86. The summed E-state index contributed by atoms with van der Waals surface area (Å²) in [6.45, 7) is 2.18. The Labute approximate surface area is 105 Å². The minimum Gasteiger partial charge on any atom is -0.396 e. The van der Waals surface area contributed by atoms with Crippen LogP contribution < -0.4 is 11.1 Å². The molecule has 0 radical (unpaired) electrons. The summed E-state index contributed by atoms with van der Waals surface area (Å²) in [5, 5.41) is 2.93. The lowest BCUT2D eigenvalue weighted by Crippen LogP contribution is -2.40. The fraction of sp³-hybridized carbons (Fsp3) is 0.462. The zero-order valence-electron chi connectivity index (χ0n) is 10.5. The molecule has 0 atom stereocenters. The Hall–Kier alpha value is -1.62. The number of nitrogen functional groups attached to an aromatic ring is 1. The van der Waals surface area contributed by atoms with Gasteiger partial charge in [0.05, 0.1) is 17.8 Å². The van der Waals surface area contributed by atoms with E-state index in [4.69, 9.17) is 10.5 Å². The van der Waals surface area contributed by atoms with Gasteiger partial charge in [-0.2, -0.15) is 0 Å². The molecule has 1 aliphatic rings. The van der Waals surface area contributed by atoms with Crippen molar-refractivity contribution in [3.8, 4) is 0 Å². The molecule has 3 N–H and O–H groups in total. The summed E-state index contributed by atoms with van der Waals surface area (Å²) in [6, 6.07) is 2.66. The van der Waals surface area contributed by atoms with Gasteiger partial charge in [0.2, 0.25) is 0 Å². The number of halogens is 1. The minimum absolute atomic E-state index is 0.0117. The van der Waals surface area contributed by atoms with Crippen molar-refractivity contribution in [3.05, 3.63) is 29.1 Å². The van der Waals surface area contributed by atoms with Gasteiger partial charge in [-0.05, 0) is 37.5 Å². The second kappa shape index (κ2) is 4.57. The summed E-state index contributed by atoms with van der Waals surface area (Å²) in [4.78, 5) is 12.1. The van der Waals surface area contributed by atoms with Gasteiger partial charge in [0.25, 0.3) is 5.91 Å². The number of nitrogens with one attached hydrogen (secondary N) is 1. The monoisotopic (exact) mass is 252 g/mol. The Kier molecular flexibility index (Phi) is 3.26. The highest BCUT2D eigenvalue weighted by molar-refractivity contribution is 5.97. The summed E-state index contributed by atoms with van der Waals surface area (Å²) in [5.41, 5.74) is 6.21. The van der Waals surface area contributed by atoms with Gasteiger partial charge < -0.3 is 15.8 Å². The van der Waals surface area contributed by atoms with Crippen LogP contribution in [0.1, 0.15) is 28.8 Å². The van der Waals surface area contributed by atoms with Crippen molar-refractivity contribution in [2.24, 2.45) is 0 Å². The van der Waals surface area contributed by atoms with E-state index in [0.29, 0.717) is 17.7 Å². The van der Waals surface area contributed by atoms with Crippen molar-refractivity contribution in [3.63, 3.8) is 0 Å². The van der Waals surface area contributed by atoms with Crippen LogP contribution in [0, 0.1) is 12.7 Å². The molecule has 0 aromatic heterocycles. The lowest BCUT2D eigenvalue weighted by atomic mass is 10.1. The van der Waals surface area contributed by atoms with E-state index >= 15 is 0 Å². The Morgan fingerprint density at radius 1 is 1.56 bits per heavy atom. The van der Waals surface area contributed by atoms with Gasteiger partial charge in [-0.3, -0.25) is 4.79 Å². The number of carbonyl (C=O) groups excluding carboxylic acids is 1. The quantitative estimate of drug-likeness (QED) is 0.800. The molecule has 1 saturated carbocycles. The van der Waals surface area contributed by atoms with E-state index in [1.807, 2.05) is 0 Å². The topological polar surface area (TPSA) is 64.3 Å². The molecule has 98 valence electrons. The van der Waals surface area contributed by atoms with Crippen LogP contribution in [-0.2, 0) is 4.74 Å². The van der Waals surface area contributed by atoms with E-state index in [2.05, 4.69) is 5.32 Å². The van der Waals surface area contributed by atoms with E-state index in [9.17, 15) is 9.18 Å². The molecule has 1 fully saturated rings. The molecular weight excluding hydrogens is 235 g/mol. The van der Waals surface area contributed by atoms with E-state index in [1.165, 1.54) is 12.1 Å². The van der Waals surface area contributed by atoms with Crippen molar-refractivity contribution >= 4 is 11.6 Å².